The quantitative estimate of drug-likeness (QED) is 0.107. The minimum Gasteiger partial charge on any atom is -0.457 e. The Bertz CT molecular complexity index is 762. The molecule has 3 aliphatic heterocycles. The summed E-state index contributed by atoms with van der Waals surface area (Å²) in [6.45, 7) is 2.91. The number of esters is 1. The van der Waals surface area contributed by atoms with Gasteiger partial charge in [-0.2, -0.15) is 10.2 Å². The Morgan fingerprint density at radius 3 is 2.08 bits per heavy atom. The maximum Gasteiger partial charge on any atom is 0.303 e. The van der Waals surface area contributed by atoms with Crippen molar-refractivity contribution in [1.29, 1.82) is 0 Å². The first-order valence-corrected chi connectivity index (χ1v) is 13.3. The van der Waals surface area contributed by atoms with E-state index in [9.17, 15) is 30.3 Å². The Morgan fingerprint density at radius 2 is 1.55 bits per heavy atom. The topological polar surface area (TPSA) is 186 Å². The van der Waals surface area contributed by atoms with Crippen LogP contribution in [-0.2, 0) is 23.7 Å². The number of nitrogens with zero attached hydrogens (tertiary/aromatic N) is 4. The molecule has 0 aromatic rings. The molecule has 0 saturated carbocycles. The molecule has 0 amide bonds. The van der Waals surface area contributed by atoms with Crippen molar-refractivity contribution in [3.05, 3.63) is 0 Å². The fourth-order valence-electron chi connectivity index (χ4n) is 4.61. The van der Waals surface area contributed by atoms with Gasteiger partial charge in [-0.05, 0) is 38.5 Å². The number of carbonyl (C=O) groups is 1. The monoisotopic (exact) mass is 546 g/mol. The molecule has 3 aliphatic rings. The predicted octanol–water partition coefficient (Wildman–Crippen LogP) is -1.62. The molecule has 8 atom stereocenters. The van der Waals surface area contributed by atoms with E-state index < -0.39 is 68.4 Å². The summed E-state index contributed by atoms with van der Waals surface area (Å²) in [5.74, 6) is -0.749. The van der Waals surface area contributed by atoms with Gasteiger partial charge >= 0.3 is 5.97 Å². The molecule has 3 rings (SSSR count). The molecule has 0 radical (unpaired) electrons. The second-order valence-electron chi connectivity index (χ2n) is 9.69. The lowest BCUT2D eigenvalue weighted by Gasteiger charge is -2.42. The van der Waals surface area contributed by atoms with Crippen molar-refractivity contribution in [3.63, 3.8) is 0 Å². The molecular weight excluding hydrogens is 504 g/mol. The smallest absolute Gasteiger partial charge is 0.303 e. The number of rotatable bonds is 12. The van der Waals surface area contributed by atoms with E-state index >= 15 is 0 Å². The van der Waals surface area contributed by atoms with Crippen LogP contribution in [0.1, 0.15) is 45.4 Å². The summed E-state index contributed by atoms with van der Waals surface area (Å²) < 4.78 is 22.1. The van der Waals surface area contributed by atoms with E-state index in [4.69, 9.17) is 18.9 Å². The zero-order chi connectivity index (χ0) is 27.5. The van der Waals surface area contributed by atoms with Crippen LogP contribution in [0.3, 0.4) is 0 Å². The van der Waals surface area contributed by atoms with Crippen LogP contribution in [0.5, 0.6) is 0 Å². The number of ether oxygens (including phenoxy) is 4. The molecule has 0 unspecified atom stereocenters. The van der Waals surface area contributed by atoms with E-state index in [0.29, 0.717) is 0 Å². The Balaban J connectivity index is 1.75. The fourth-order valence-corrected chi connectivity index (χ4v) is 4.61. The van der Waals surface area contributed by atoms with E-state index in [-0.39, 0.29) is 0 Å². The van der Waals surface area contributed by atoms with Crippen LogP contribution in [0.2, 0.25) is 0 Å². The van der Waals surface area contributed by atoms with E-state index in [0.717, 1.165) is 71.6 Å². The molecule has 3 heterocycles. The summed E-state index contributed by atoms with van der Waals surface area (Å²) in [6, 6.07) is 0. The first kappa shape index (κ1) is 30.6. The van der Waals surface area contributed by atoms with Crippen LogP contribution in [-0.4, -0.2) is 143 Å². The molecule has 38 heavy (non-hydrogen) atoms. The Hall–Kier alpha value is -1.91. The van der Waals surface area contributed by atoms with Crippen LogP contribution in [0, 0.1) is 0 Å². The highest BCUT2D eigenvalue weighted by Gasteiger charge is 2.48. The van der Waals surface area contributed by atoms with Gasteiger partial charge in [0.1, 0.15) is 30.5 Å². The molecular formula is C24H42N4O10. The minimum atomic E-state index is -1.63. The fraction of sp³-hybridized carbons (Fsp3) is 0.875. The van der Waals surface area contributed by atoms with E-state index in [1.54, 1.807) is 0 Å². The van der Waals surface area contributed by atoms with Crippen LogP contribution in [0.4, 0.5) is 0 Å². The highest BCUT2D eigenvalue weighted by Crippen LogP contribution is 2.26. The standard InChI is InChI=1S/C24H42N4O10/c1-16(31)35-23-21(33)19(15-30)38-24(22(23)34)37-17(12-25-27-8-4-2-5-9-27)18(14-29)36-20(32)13-26-28-10-6-3-7-11-28/h12-13,17-24,29-30,32-34H,2-11,14-15H2,1H3/b25-12+,26-13-/t17-,18+,19-,20-,21-,22+,23+,24-/m0/s1. The second kappa shape index (κ2) is 15.6. The van der Waals surface area contributed by atoms with E-state index in [1.807, 2.05) is 10.0 Å². The van der Waals surface area contributed by atoms with Gasteiger partial charge in [0.05, 0.1) is 25.6 Å². The molecule has 0 aliphatic carbocycles. The molecule has 0 spiro atoms. The third-order valence-corrected chi connectivity index (χ3v) is 6.68. The maximum absolute atomic E-state index is 11.5. The van der Waals surface area contributed by atoms with Gasteiger partial charge in [-0.15, -0.1) is 0 Å². The molecule has 0 aromatic heterocycles. The first-order chi connectivity index (χ1) is 18.3. The molecule has 0 aromatic carbocycles. The minimum absolute atomic E-state index is 0.590. The van der Waals surface area contributed by atoms with Gasteiger partial charge in [0.15, 0.2) is 18.7 Å². The highest BCUT2D eigenvalue weighted by atomic mass is 16.7. The van der Waals surface area contributed by atoms with Gasteiger partial charge in [0.2, 0.25) is 0 Å². The molecule has 14 nitrogen and oxygen atoms in total. The number of hydrogen-bond donors (Lipinski definition) is 5. The van der Waals surface area contributed by atoms with Crippen molar-refractivity contribution in [2.24, 2.45) is 10.2 Å². The second-order valence-corrected chi connectivity index (χ2v) is 9.69. The van der Waals surface area contributed by atoms with Crippen molar-refractivity contribution >= 4 is 18.4 Å². The molecule has 14 heteroatoms. The van der Waals surface area contributed by atoms with Gasteiger partial charge in [0.25, 0.3) is 0 Å². The first-order valence-electron chi connectivity index (χ1n) is 13.3. The van der Waals surface area contributed by atoms with Crippen LogP contribution < -0.4 is 0 Å². The SMILES string of the molecule is CC(=O)O[C@@H]1[C@@H](O)[C@H](CO)O[C@H](O[C@@H](/C=N/N2CCCCC2)[C@@H](CO)O[C@H](O)/C=N\N2CCCCC2)[C@@H]1O. The van der Waals surface area contributed by atoms with Crippen LogP contribution in [0.15, 0.2) is 10.2 Å². The summed E-state index contributed by atoms with van der Waals surface area (Å²) >= 11 is 0. The summed E-state index contributed by atoms with van der Waals surface area (Å²) in [6.07, 6.45) is -2.24. The Morgan fingerprint density at radius 1 is 0.974 bits per heavy atom. The van der Waals surface area contributed by atoms with Crippen molar-refractivity contribution < 1.29 is 49.3 Å². The largest absolute Gasteiger partial charge is 0.457 e. The van der Waals surface area contributed by atoms with Crippen molar-refractivity contribution in [2.45, 2.75) is 94.7 Å². The number of aliphatic hydroxyl groups excluding tert-OH is 5. The third kappa shape index (κ3) is 9.09. The normalized spacial score (nSPS) is 31.5. The Labute approximate surface area is 222 Å². The zero-order valence-corrected chi connectivity index (χ0v) is 21.8. The Kier molecular flexibility index (Phi) is 12.6. The van der Waals surface area contributed by atoms with Crippen molar-refractivity contribution in [1.82, 2.24) is 10.0 Å². The molecule has 3 fully saturated rings. The highest BCUT2D eigenvalue weighted by molar-refractivity contribution is 5.66. The maximum atomic E-state index is 11.5. The number of piperidine rings is 2. The molecule has 3 saturated heterocycles. The van der Waals surface area contributed by atoms with Crippen LogP contribution >= 0.6 is 0 Å². The lowest BCUT2D eigenvalue weighted by molar-refractivity contribution is -0.315. The molecule has 218 valence electrons. The number of carbonyl (C=O) groups excluding carboxylic acids is 1. The summed E-state index contributed by atoms with van der Waals surface area (Å²) in [7, 11) is 0. The van der Waals surface area contributed by atoms with Crippen molar-refractivity contribution in [2.75, 3.05) is 39.4 Å². The van der Waals surface area contributed by atoms with Gasteiger partial charge in [-0.1, -0.05) is 0 Å². The lowest BCUT2D eigenvalue weighted by Crippen LogP contribution is -2.61. The summed E-state index contributed by atoms with van der Waals surface area (Å²) in [5, 5.41) is 63.7. The van der Waals surface area contributed by atoms with Gasteiger partial charge in [-0.3, -0.25) is 14.8 Å². The predicted molar refractivity (Wildman–Crippen MR) is 134 cm³/mol. The lowest BCUT2D eigenvalue weighted by atomic mass is 9.99. The van der Waals surface area contributed by atoms with E-state index in [2.05, 4.69) is 10.2 Å². The van der Waals surface area contributed by atoms with E-state index in [1.165, 1.54) is 12.4 Å². The average molecular weight is 547 g/mol. The number of hydrogen-bond acceptors (Lipinski definition) is 14. The van der Waals surface area contributed by atoms with Crippen molar-refractivity contribution in [3.8, 4) is 0 Å². The summed E-state index contributed by atoms with van der Waals surface area (Å²) in [4.78, 5) is 11.5. The van der Waals surface area contributed by atoms with Gasteiger partial charge < -0.3 is 44.5 Å². The average Bonchev–Trinajstić information content (AvgIpc) is 2.93. The van der Waals surface area contributed by atoms with Gasteiger partial charge in [-0.25, -0.2) is 0 Å². The van der Waals surface area contributed by atoms with Gasteiger partial charge in [0, 0.05) is 33.1 Å². The molecule has 5 N–H and O–H groups in total. The molecule has 0 bridgehead atoms. The third-order valence-electron chi connectivity index (χ3n) is 6.68. The number of aliphatic hydroxyl groups is 5. The zero-order valence-electron chi connectivity index (χ0n) is 21.8. The summed E-state index contributed by atoms with van der Waals surface area (Å²) in [5.41, 5.74) is 0. The van der Waals surface area contributed by atoms with Crippen LogP contribution in [0.25, 0.3) is 0 Å². The number of hydrazone groups is 2.